The molecule has 2 aromatic carbocycles. The van der Waals surface area contributed by atoms with Crippen LogP contribution in [0, 0.1) is 6.92 Å². The van der Waals surface area contributed by atoms with Crippen molar-refractivity contribution >= 4 is 22.3 Å². The third-order valence-corrected chi connectivity index (χ3v) is 3.78. The molecular weight excluding hydrogens is 258 g/mol. The number of rotatable bonds is 2. The molecule has 3 nitrogen and oxygen atoms in total. The largest absolute Gasteiger partial charge is 0.383 e. The van der Waals surface area contributed by atoms with Gasteiger partial charge < -0.3 is 10.6 Å². The first kappa shape index (κ1) is 13.4. The second-order valence-electron chi connectivity index (χ2n) is 5.47. The van der Waals surface area contributed by atoms with Gasteiger partial charge in [-0.3, -0.25) is 0 Å². The molecule has 0 aliphatic heterocycles. The van der Waals surface area contributed by atoms with Crippen LogP contribution in [0.3, 0.4) is 0 Å². The Hall–Kier alpha value is -2.55. The van der Waals surface area contributed by atoms with Gasteiger partial charge in [-0.05, 0) is 24.6 Å². The number of aryl methyl sites for hydroxylation is 1. The average molecular weight is 277 g/mol. The van der Waals surface area contributed by atoms with Crippen LogP contribution >= 0.6 is 0 Å². The van der Waals surface area contributed by atoms with E-state index >= 15 is 0 Å². The van der Waals surface area contributed by atoms with Crippen LogP contribution in [0.15, 0.2) is 48.5 Å². The zero-order valence-corrected chi connectivity index (χ0v) is 12.6. The highest BCUT2D eigenvalue weighted by molar-refractivity contribution is 6.01. The quantitative estimate of drug-likeness (QED) is 0.773. The standard InChI is InChI=1S/C18H19N3/c1-12-7-4-5-8-13(12)16-11-15-14(18(19)20-16)9-6-10-17(15)21(2)3/h4-11H,1-3H3,(H2,19,20). The van der Waals surface area contributed by atoms with E-state index in [2.05, 4.69) is 41.1 Å². The molecule has 3 aromatic rings. The number of nitrogens with zero attached hydrogens (tertiary/aromatic N) is 2. The number of anilines is 2. The van der Waals surface area contributed by atoms with E-state index in [1.807, 2.05) is 38.4 Å². The number of nitrogens with two attached hydrogens (primary N) is 1. The summed E-state index contributed by atoms with van der Waals surface area (Å²) in [5, 5.41) is 2.13. The van der Waals surface area contributed by atoms with Crippen molar-refractivity contribution in [3.63, 3.8) is 0 Å². The van der Waals surface area contributed by atoms with Crippen LogP contribution in [0.2, 0.25) is 0 Å². The highest BCUT2D eigenvalue weighted by atomic mass is 15.1. The predicted molar refractivity (Wildman–Crippen MR) is 90.7 cm³/mol. The SMILES string of the molecule is Cc1ccccc1-c1cc2c(N(C)C)cccc2c(N)n1. The van der Waals surface area contributed by atoms with E-state index < -0.39 is 0 Å². The summed E-state index contributed by atoms with van der Waals surface area (Å²) in [5.41, 5.74) is 10.6. The van der Waals surface area contributed by atoms with Gasteiger partial charge in [0, 0.05) is 36.1 Å². The summed E-state index contributed by atoms with van der Waals surface area (Å²) in [7, 11) is 4.08. The fraction of sp³-hybridized carbons (Fsp3) is 0.167. The summed E-state index contributed by atoms with van der Waals surface area (Å²) < 4.78 is 0. The van der Waals surface area contributed by atoms with Crippen molar-refractivity contribution in [3.8, 4) is 11.3 Å². The molecule has 0 aliphatic carbocycles. The lowest BCUT2D eigenvalue weighted by Gasteiger charge is -2.17. The lowest BCUT2D eigenvalue weighted by atomic mass is 10.0. The lowest BCUT2D eigenvalue weighted by Crippen LogP contribution is -2.09. The molecule has 0 saturated carbocycles. The molecule has 0 amide bonds. The molecule has 21 heavy (non-hydrogen) atoms. The van der Waals surface area contributed by atoms with Crippen LogP contribution in [-0.2, 0) is 0 Å². The summed E-state index contributed by atoms with van der Waals surface area (Å²) in [4.78, 5) is 6.69. The summed E-state index contributed by atoms with van der Waals surface area (Å²) >= 11 is 0. The van der Waals surface area contributed by atoms with Crippen molar-refractivity contribution in [1.29, 1.82) is 0 Å². The lowest BCUT2D eigenvalue weighted by molar-refractivity contribution is 1.14. The van der Waals surface area contributed by atoms with Gasteiger partial charge in [-0.25, -0.2) is 4.98 Å². The van der Waals surface area contributed by atoms with Crippen LogP contribution in [0.1, 0.15) is 5.56 Å². The summed E-state index contributed by atoms with van der Waals surface area (Å²) in [6.45, 7) is 2.09. The number of aromatic nitrogens is 1. The molecule has 2 N–H and O–H groups in total. The molecule has 3 heteroatoms. The summed E-state index contributed by atoms with van der Waals surface area (Å²) in [6, 6.07) is 16.5. The molecule has 1 aromatic heterocycles. The topological polar surface area (TPSA) is 42.1 Å². The fourth-order valence-electron chi connectivity index (χ4n) is 2.68. The van der Waals surface area contributed by atoms with Gasteiger partial charge in [-0.1, -0.05) is 36.4 Å². The monoisotopic (exact) mass is 277 g/mol. The van der Waals surface area contributed by atoms with E-state index in [4.69, 9.17) is 5.73 Å². The molecule has 3 rings (SSSR count). The third-order valence-electron chi connectivity index (χ3n) is 3.78. The number of pyridine rings is 1. The molecule has 0 saturated heterocycles. The van der Waals surface area contributed by atoms with Crippen molar-refractivity contribution in [2.45, 2.75) is 6.92 Å². The minimum Gasteiger partial charge on any atom is -0.383 e. The van der Waals surface area contributed by atoms with Gasteiger partial charge >= 0.3 is 0 Å². The Morgan fingerprint density at radius 3 is 2.43 bits per heavy atom. The van der Waals surface area contributed by atoms with Gasteiger partial charge in [0.05, 0.1) is 5.69 Å². The van der Waals surface area contributed by atoms with E-state index in [9.17, 15) is 0 Å². The second kappa shape index (κ2) is 5.09. The molecule has 0 bridgehead atoms. The van der Waals surface area contributed by atoms with Crippen LogP contribution in [0.5, 0.6) is 0 Å². The molecule has 106 valence electrons. The fourth-order valence-corrected chi connectivity index (χ4v) is 2.68. The Morgan fingerprint density at radius 1 is 0.952 bits per heavy atom. The van der Waals surface area contributed by atoms with E-state index in [0.717, 1.165) is 27.7 Å². The Labute approximate surface area is 125 Å². The maximum atomic E-state index is 6.18. The molecule has 0 unspecified atom stereocenters. The van der Waals surface area contributed by atoms with E-state index in [0.29, 0.717) is 5.82 Å². The van der Waals surface area contributed by atoms with Crippen molar-refractivity contribution in [2.75, 3.05) is 24.7 Å². The Morgan fingerprint density at radius 2 is 1.71 bits per heavy atom. The van der Waals surface area contributed by atoms with Gasteiger partial charge in [0.25, 0.3) is 0 Å². The third kappa shape index (κ3) is 2.31. The first-order chi connectivity index (χ1) is 10.1. The normalized spacial score (nSPS) is 10.8. The van der Waals surface area contributed by atoms with Gasteiger partial charge in [-0.15, -0.1) is 0 Å². The highest BCUT2D eigenvalue weighted by Gasteiger charge is 2.10. The molecule has 0 aliphatic rings. The first-order valence-corrected chi connectivity index (χ1v) is 7.00. The molecule has 0 atom stereocenters. The Balaban J connectivity index is 2.32. The van der Waals surface area contributed by atoms with Gasteiger partial charge in [0.15, 0.2) is 0 Å². The first-order valence-electron chi connectivity index (χ1n) is 7.00. The number of nitrogen functional groups attached to an aromatic ring is 1. The van der Waals surface area contributed by atoms with Gasteiger partial charge in [0.2, 0.25) is 0 Å². The number of hydrogen-bond donors (Lipinski definition) is 1. The zero-order valence-electron chi connectivity index (χ0n) is 12.6. The maximum absolute atomic E-state index is 6.18. The van der Waals surface area contributed by atoms with Crippen LogP contribution in [0.4, 0.5) is 11.5 Å². The van der Waals surface area contributed by atoms with E-state index in [1.165, 1.54) is 5.56 Å². The molecular formula is C18H19N3. The number of hydrogen-bond acceptors (Lipinski definition) is 3. The van der Waals surface area contributed by atoms with Crippen LogP contribution < -0.4 is 10.6 Å². The molecule has 0 spiro atoms. The highest BCUT2D eigenvalue weighted by Crippen LogP contribution is 2.33. The van der Waals surface area contributed by atoms with Crippen molar-refractivity contribution in [2.24, 2.45) is 0 Å². The van der Waals surface area contributed by atoms with E-state index in [1.54, 1.807) is 0 Å². The van der Waals surface area contributed by atoms with Crippen molar-refractivity contribution in [1.82, 2.24) is 4.98 Å². The molecule has 1 heterocycles. The minimum absolute atomic E-state index is 0.578. The van der Waals surface area contributed by atoms with Gasteiger partial charge in [0.1, 0.15) is 5.82 Å². The molecule has 0 radical (unpaired) electrons. The van der Waals surface area contributed by atoms with Crippen molar-refractivity contribution in [3.05, 3.63) is 54.1 Å². The van der Waals surface area contributed by atoms with Crippen LogP contribution in [-0.4, -0.2) is 19.1 Å². The molecule has 0 fully saturated rings. The average Bonchev–Trinajstić information content (AvgIpc) is 2.47. The second-order valence-corrected chi connectivity index (χ2v) is 5.47. The zero-order chi connectivity index (χ0) is 15.0. The maximum Gasteiger partial charge on any atom is 0.132 e. The Kier molecular flexibility index (Phi) is 3.26. The summed E-state index contributed by atoms with van der Waals surface area (Å²) in [6.07, 6.45) is 0. The van der Waals surface area contributed by atoms with Crippen molar-refractivity contribution < 1.29 is 0 Å². The smallest absolute Gasteiger partial charge is 0.132 e. The van der Waals surface area contributed by atoms with Crippen LogP contribution in [0.25, 0.3) is 22.0 Å². The minimum atomic E-state index is 0.578. The number of benzene rings is 2. The number of fused-ring (bicyclic) bond motifs is 1. The Bertz CT molecular complexity index is 807. The van der Waals surface area contributed by atoms with Gasteiger partial charge in [-0.2, -0.15) is 0 Å². The van der Waals surface area contributed by atoms with E-state index in [-0.39, 0.29) is 0 Å². The predicted octanol–water partition coefficient (Wildman–Crippen LogP) is 3.86. The summed E-state index contributed by atoms with van der Waals surface area (Å²) in [5.74, 6) is 0.578.